The lowest BCUT2D eigenvalue weighted by molar-refractivity contribution is -0.384. The molecule has 1 aromatic heterocycles. The van der Waals surface area contributed by atoms with E-state index < -0.39 is 0 Å². The molecule has 170 valence electrons. The van der Waals surface area contributed by atoms with Gasteiger partial charge < -0.3 is 9.80 Å². The van der Waals surface area contributed by atoms with Crippen molar-refractivity contribution in [3.8, 4) is 11.3 Å². The van der Waals surface area contributed by atoms with Crippen LogP contribution in [0.15, 0.2) is 78.9 Å². The molecule has 1 aliphatic heterocycles. The highest BCUT2D eigenvalue weighted by Crippen LogP contribution is 2.30. The molecule has 0 unspecified atom stereocenters. The second kappa shape index (κ2) is 8.90. The van der Waals surface area contributed by atoms with Crippen molar-refractivity contribution in [2.45, 2.75) is 0 Å². The Balaban J connectivity index is 1.43. The first-order valence-electron chi connectivity index (χ1n) is 10.9. The van der Waals surface area contributed by atoms with Crippen LogP contribution < -0.4 is 4.90 Å². The standard InChI is InChI=1S/C26H21FN4O3/c27-19-11-9-18(10-12-19)23-17-21(20-5-1-2-6-22(20)28-23)26(32)30-15-13-29(14-16-30)24-7-3-4-8-25(24)31(33)34/h1-12,17H,13-16H2. The third-order valence-corrected chi connectivity index (χ3v) is 6.07. The first kappa shape index (κ1) is 21.5. The van der Waals surface area contributed by atoms with E-state index in [4.69, 9.17) is 0 Å². The number of carbonyl (C=O) groups is 1. The monoisotopic (exact) mass is 456 g/mol. The predicted octanol–water partition coefficient (Wildman–Crippen LogP) is 4.91. The number of nitro benzene ring substituents is 1. The van der Waals surface area contributed by atoms with Gasteiger partial charge in [-0.15, -0.1) is 0 Å². The van der Waals surface area contributed by atoms with Gasteiger partial charge in [0.25, 0.3) is 11.6 Å². The number of carbonyl (C=O) groups excluding carboxylic acids is 1. The Kier molecular flexibility index (Phi) is 5.63. The van der Waals surface area contributed by atoms with E-state index >= 15 is 0 Å². The Labute approximate surface area is 195 Å². The van der Waals surface area contributed by atoms with Crippen LogP contribution in [-0.4, -0.2) is 46.9 Å². The smallest absolute Gasteiger partial charge is 0.292 e. The summed E-state index contributed by atoms with van der Waals surface area (Å²) in [6.45, 7) is 1.86. The molecule has 1 saturated heterocycles. The van der Waals surface area contributed by atoms with E-state index in [0.29, 0.717) is 48.6 Å². The summed E-state index contributed by atoms with van der Waals surface area (Å²) in [5.74, 6) is -0.457. The quantitative estimate of drug-likeness (QED) is 0.322. The first-order chi connectivity index (χ1) is 16.5. The Morgan fingerprint density at radius 1 is 0.912 bits per heavy atom. The van der Waals surface area contributed by atoms with E-state index in [9.17, 15) is 19.3 Å². The SMILES string of the molecule is O=C(c1cc(-c2ccc(F)cc2)nc2ccccc12)N1CCN(c2ccccc2[N+](=O)[O-])CC1. The third kappa shape index (κ3) is 4.05. The van der Waals surface area contributed by atoms with Crippen molar-refractivity contribution < 1.29 is 14.1 Å². The number of aromatic nitrogens is 1. The van der Waals surface area contributed by atoms with Gasteiger partial charge in [-0.2, -0.15) is 0 Å². The highest BCUT2D eigenvalue weighted by Gasteiger charge is 2.27. The maximum atomic E-state index is 13.6. The molecule has 0 N–H and O–H groups in total. The molecular formula is C26H21FN4O3. The third-order valence-electron chi connectivity index (χ3n) is 6.07. The fourth-order valence-corrected chi connectivity index (χ4v) is 4.33. The number of piperazine rings is 1. The van der Waals surface area contributed by atoms with Gasteiger partial charge in [0.15, 0.2) is 0 Å². The van der Waals surface area contributed by atoms with E-state index in [1.807, 2.05) is 29.2 Å². The summed E-state index contributed by atoms with van der Waals surface area (Å²) in [4.78, 5) is 33.0. The predicted molar refractivity (Wildman–Crippen MR) is 128 cm³/mol. The number of nitrogens with zero attached hydrogens (tertiary/aromatic N) is 4. The summed E-state index contributed by atoms with van der Waals surface area (Å²) >= 11 is 0. The lowest BCUT2D eigenvalue weighted by Gasteiger charge is -2.36. The van der Waals surface area contributed by atoms with E-state index in [2.05, 4.69) is 4.98 Å². The molecule has 34 heavy (non-hydrogen) atoms. The van der Waals surface area contributed by atoms with Gasteiger partial charge in [0, 0.05) is 43.2 Å². The molecule has 0 atom stereocenters. The summed E-state index contributed by atoms with van der Waals surface area (Å²) < 4.78 is 13.4. The number of anilines is 1. The van der Waals surface area contributed by atoms with Crippen molar-refractivity contribution in [1.82, 2.24) is 9.88 Å². The molecule has 1 fully saturated rings. The number of nitro groups is 1. The average Bonchev–Trinajstić information content (AvgIpc) is 2.88. The number of amides is 1. The molecule has 0 saturated carbocycles. The Morgan fingerprint density at radius 2 is 1.59 bits per heavy atom. The number of halogens is 1. The van der Waals surface area contributed by atoms with Crippen LogP contribution in [0.3, 0.4) is 0 Å². The minimum Gasteiger partial charge on any atom is -0.362 e. The lowest BCUT2D eigenvalue weighted by Crippen LogP contribution is -2.49. The highest BCUT2D eigenvalue weighted by molar-refractivity contribution is 6.07. The van der Waals surface area contributed by atoms with Gasteiger partial charge in [0.05, 0.1) is 21.7 Å². The number of fused-ring (bicyclic) bond motifs is 1. The molecule has 1 amide bonds. The lowest BCUT2D eigenvalue weighted by atomic mass is 10.0. The first-order valence-corrected chi connectivity index (χ1v) is 10.9. The maximum absolute atomic E-state index is 13.6. The van der Waals surface area contributed by atoms with Gasteiger partial charge in [-0.25, -0.2) is 9.37 Å². The van der Waals surface area contributed by atoms with Crippen molar-refractivity contribution in [2.75, 3.05) is 31.1 Å². The largest absolute Gasteiger partial charge is 0.362 e. The van der Waals surface area contributed by atoms with Crippen molar-refractivity contribution in [1.29, 1.82) is 0 Å². The Hall–Kier alpha value is -4.33. The van der Waals surface area contributed by atoms with Crippen LogP contribution in [0.1, 0.15) is 10.4 Å². The summed E-state index contributed by atoms with van der Waals surface area (Å²) in [7, 11) is 0. The second-order valence-electron chi connectivity index (χ2n) is 8.10. The zero-order valence-corrected chi connectivity index (χ0v) is 18.2. The van der Waals surface area contributed by atoms with Gasteiger partial charge in [-0.3, -0.25) is 14.9 Å². The number of benzene rings is 3. The molecule has 3 aromatic carbocycles. The summed E-state index contributed by atoms with van der Waals surface area (Å²) in [6.07, 6.45) is 0. The van der Waals surface area contributed by atoms with Crippen molar-refractivity contribution in [3.05, 3.63) is 100 Å². The Bertz CT molecular complexity index is 1380. The summed E-state index contributed by atoms with van der Waals surface area (Å²) in [6, 6.07) is 21.9. The van der Waals surface area contributed by atoms with Crippen LogP contribution >= 0.6 is 0 Å². The van der Waals surface area contributed by atoms with Gasteiger partial charge >= 0.3 is 0 Å². The van der Waals surface area contributed by atoms with Gasteiger partial charge in [-0.05, 0) is 42.5 Å². The zero-order chi connectivity index (χ0) is 23.7. The Morgan fingerprint density at radius 3 is 2.32 bits per heavy atom. The van der Waals surface area contributed by atoms with Gasteiger partial charge in [-0.1, -0.05) is 30.3 Å². The number of pyridine rings is 1. The van der Waals surface area contributed by atoms with E-state index in [1.54, 1.807) is 41.3 Å². The average molecular weight is 456 g/mol. The molecular weight excluding hydrogens is 435 g/mol. The molecule has 1 aliphatic rings. The molecule has 0 spiro atoms. The molecule has 0 bridgehead atoms. The summed E-state index contributed by atoms with van der Waals surface area (Å²) in [5, 5.41) is 12.2. The molecule has 7 nitrogen and oxygen atoms in total. The van der Waals surface area contributed by atoms with Crippen LogP contribution in [0.4, 0.5) is 15.8 Å². The van der Waals surface area contributed by atoms with Crippen LogP contribution in [0.25, 0.3) is 22.2 Å². The zero-order valence-electron chi connectivity index (χ0n) is 18.2. The molecule has 8 heteroatoms. The topological polar surface area (TPSA) is 79.6 Å². The van der Waals surface area contributed by atoms with Crippen molar-refractivity contribution in [2.24, 2.45) is 0 Å². The van der Waals surface area contributed by atoms with E-state index in [0.717, 1.165) is 10.9 Å². The van der Waals surface area contributed by atoms with Crippen LogP contribution in [0.2, 0.25) is 0 Å². The van der Waals surface area contributed by atoms with E-state index in [1.165, 1.54) is 18.2 Å². The minimum atomic E-state index is -0.382. The van der Waals surface area contributed by atoms with Gasteiger partial charge in [0.1, 0.15) is 11.5 Å². The number of rotatable bonds is 4. The number of para-hydroxylation sites is 3. The summed E-state index contributed by atoms with van der Waals surface area (Å²) in [5.41, 5.74) is 3.16. The van der Waals surface area contributed by atoms with Crippen LogP contribution in [0.5, 0.6) is 0 Å². The van der Waals surface area contributed by atoms with Crippen LogP contribution in [-0.2, 0) is 0 Å². The molecule has 5 rings (SSSR count). The van der Waals surface area contributed by atoms with Crippen molar-refractivity contribution >= 4 is 28.2 Å². The van der Waals surface area contributed by atoms with Crippen molar-refractivity contribution in [3.63, 3.8) is 0 Å². The number of hydrogen-bond donors (Lipinski definition) is 0. The molecule has 0 radical (unpaired) electrons. The molecule has 0 aliphatic carbocycles. The fourth-order valence-electron chi connectivity index (χ4n) is 4.33. The molecule has 2 heterocycles. The second-order valence-corrected chi connectivity index (χ2v) is 8.10. The fraction of sp³-hybridized carbons (Fsp3) is 0.154. The normalized spacial score (nSPS) is 13.8. The maximum Gasteiger partial charge on any atom is 0.292 e. The van der Waals surface area contributed by atoms with Gasteiger partial charge in [0.2, 0.25) is 0 Å². The van der Waals surface area contributed by atoms with Crippen LogP contribution in [0, 0.1) is 15.9 Å². The van der Waals surface area contributed by atoms with E-state index in [-0.39, 0.29) is 22.3 Å². The number of hydrogen-bond acceptors (Lipinski definition) is 5. The molecule has 4 aromatic rings. The minimum absolute atomic E-state index is 0.0614. The highest BCUT2D eigenvalue weighted by atomic mass is 19.1.